The predicted octanol–water partition coefficient (Wildman–Crippen LogP) is 17.2. The molecule has 0 bridgehead atoms. The topological polar surface area (TPSA) is 27.7 Å². The number of ether oxygens (including phenoxy) is 3. The Balaban J connectivity index is 4.35. The second-order valence-corrected chi connectivity index (χ2v) is 22.2. The van der Waals surface area contributed by atoms with Gasteiger partial charge in [-0.1, -0.05) is 128 Å². The van der Waals surface area contributed by atoms with Gasteiger partial charge in [0.1, 0.15) is 0 Å². The lowest BCUT2D eigenvalue weighted by atomic mass is 9.81. The molecule has 0 saturated heterocycles. The van der Waals surface area contributed by atoms with Crippen molar-refractivity contribution in [1.29, 1.82) is 0 Å². The highest BCUT2D eigenvalue weighted by molar-refractivity contribution is 9.09. The largest absolute Gasteiger partial charge is 0.356 e. The zero-order valence-electron chi connectivity index (χ0n) is 39.6. The van der Waals surface area contributed by atoms with E-state index >= 15 is 0 Å². The van der Waals surface area contributed by atoms with E-state index in [1.165, 1.54) is 103 Å². The average molecular weight is 909 g/mol. The first-order valence-electron chi connectivity index (χ1n) is 23.8. The second kappa shape index (κ2) is 34.5. The molecule has 0 N–H and O–H groups in total. The van der Waals surface area contributed by atoms with Crippen LogP contribution in [0.25, 0.3) is 0 Å². The summed E-state index contributed by atoms with van der Waals surface area (Å²) in [6.45, 7) is 29.7. The van der Waals surface area contributed by atoms with Gasteiger partial charge in [-0.25, -0.2) is 0 Å². The minimum Gasteiger partial charge on any atom is -0.356 e. The Bertz CT molecular complexity index is 776. The second-order valence-electron chi connectivity index (χ2n) is 20.6. The lowest BCUT2D eigenvalue weighted by Crippen LogP contribution is -2.25. The third-order valence-corrected chi connectivity index (χ3v) is 13.9. The average Bonchev–Trinajstić information content (AvgIpc) is 3.07. The molecule has 0 aromatic carbocycles. The molecule has 0 fully saturated rings. The SMILES string of the molecule is COC(CCCC(C)CC(C)CC(C)CC(C)CC(C)CC(C)CCCBr)OC(CCCC(C)CC(C)CC(C)CC(C)CC(C)CC(C)CCCBr)OC. The summed E-state index contributed by atoms with van der Waals surface area (Å²) in [6.07, 6.45) is 25.3. The van der Waals surface area contributed by atoms with Crippen LogP contribution in [0.3, 0.4) is 0 Å². The fourth-order valence-corrected chi connectivity index (χ4v) is 11.5. The standard InChI is InChI=1S/C50H100Br2O3/c1-37(27-41(5)31-45(9)35-47(11)33-43(7)29-39(3)21-17-25-51)19-15-23-49(53-13)55-50(54-14)24-16-20-38(2)28-42(6)32-46(10)36-48(12)34-44(8)30-40(4)22-18-26-52/h37-50H,15-36H2,1-14H3. The fraction of sp³-hybridized carbons (Fsp3) is 1.00. The maximum atomic E-state index is 6.34. The third kappa shape index (κ3) is 32.3. The van der Waals surface area contributed by atoms with Crippen LogP contribution in [0.2, 0.25) is 0 Å². The Morgan fingerprint density at radius 2 is 0.491 bits per heavy atom. The predicted molar refractivity (Wildman–Crippen MR) is 253 cm³/mol. The number of rotatable bonds is 38. The van der Waals surface area contributed by atoms with E-state index in [1.807, 2.05) is 0 Å². The first-order chi connectivity index (χ1) is 26.0. The molecule has 0 aliphatic rings. The first kappa shape index (κ1) is 55.8. The van der Waals surface area contributed by atoms with E-state index in [-0.39, 0.29) is 12.6 Å². The van der Waals surface area contributed by atoms with Gasteiger partial charge in [0.25, 0.3) is 0 Å². The summed E-state index contributed by atoms with van der Waals surface area (Å²) in [5.74, 6) is 9.74. The molecule has 5 heteroatoms. The Morgan fingerprint density at radius 3 is 0.691 bits per heavy atom. The summed E-state index contributed by atoms with van der Waals surface area (Å²) < 4.78 is 17.9. The van der Waals surface area contributed by atoms with Crippen molar-refractivity contribution in [1.82, 2.24) is 0 Å². The molecular weight excluding hydrogens is 808 g/mol. The van der Waals surface area contributed by atoms with Gasteiger partial charge in [-0.05, 0) is 187 Å². The van der Waals surface area contributed by atoms with Crippen molar-refractivity contribution in [2.75, 3.05) is 24.9 Å². The van der Waals surface area contributed by atoms with Gasteiger partial charge < -0.3 is 14.2 Å². The number of alkyl halides is 2. The van der Waals surface area contributed by atoms with Crippen molar-refractivity contribution in [2.45, 2.75) is 224 Å². The van der Waals surface area contributed by atoms with Crippen LogP contribution in [-0.2, 0) is 14.2 Å². The summed E-state index contributed by atoms with van der Waals surface area (Å²) in [5.41, 5.74) is 0. The molecule has 0 radical (unpaired) electrons. The highest BCUT2D eigenvalue weighted by Gasteiger charge is 2.21. The van der Waals surface area contributed by atoms with Gasteiger partial charge >= 0.3 is 0 Å². The summed E-state index contributed by atoms with van der Waals surface area (Å²) in [6, 6.07) is 0. The van der Waals surface area contributed by atoms with E-state index in [2.05, 4.69) is 115 Å². The molecule has 3 nitrogen and oxygen atoms in total. The fourth-order valence-electron chi connectivity index (χ4n) is 10.9. The Kier molecular flexibility index (Phi) is 35.1. The molecule has 0 aromatic heterocycles. The Morgan fingerprint density at radius 1 is 0.291 bits per heavy atom. The smallest absolute Gasteiger partial charge is 0.160 e. The van der Waals surface area contributed by atoms with E-state index in [9.17, 15) is 0 Å². The van der Waals surface area contributed by atoms with Crippen molar-refractivity contribution >= 4 is 31.9 Å². The minimum absolute atomic E-state index is 0.183. The van der Waals surface area contributed by atoms with E-state index < -0.39 is 0 Å². The molecule has 0 spiro atoms. The zero-order chi connectivity index (χ0) is 41.8. The summed E-state index contributed by atoms with van der Waals surface area (Å²) >= 11 is 7.18. The minimum atomic E-state index is -0.183. The van der Waals surface area contributed by atoms with Gasteiger partial charge in [-0.15, -0.1) is 0 Å². The van der Waals surface area contributed by atoms with Gasteiger partial charge in [-0.2, -0.15) is 0 Å². The highest BCUT2D eigenvalue weighted by atomic mass is 79.9. The summed E-state index contributed by atoms with van der Waals surface area (Å²) in [7, 11) is 3.58. The van der Waals surface area contributed by atoms with Crippen molar-refractivity contribution in [3.05, 3.63) is 0 Å². The molecule has 55 heavy (non-hydrogen) atoms. The summed E-state index contributed by atoms with van der Waals surface area (Å²) in [5, 5.41) is 2.29. The van der Waals surface area contributed by atoms with Gasteiger partial charge in [0.2, 0.25) is 0 Å². The molecule has 0 aromatic rings. The maximum absolute atomic E-state index is 6.34. The molecule has 0 rings (SSSR count). The third-order valence-electron chi connectivity index (χ3n) is 12.8. The molecule has 0 aliphatic heterocycles. The molecule has 332 valence electrons. The van der Waals surface area contributed by atoms with E-state index in [0.717, 1.165) is 107 Å². The number of hydrogen-bond donors (Lipinski definition) is 0. The van der Waals surface area contributed by atoms with Crippen LogP contribution in [0.15, 0.2) is 0 Å². The lowest BCUT2D eigenvalue weighted by Gasteiger charge is -2.26. The number of hydrogen-bond acceptors (Lipinski definition) is 3. The molecule has 0 saturated carbocycles. The van der Waals surface area contributed by atoms with Crippen LogP contribution in [-0.4, -0.2) is 37.5 Å². The monoisotopic (exact) mass is 907 g/mol. The van der Waals surface area contributed by atoms with Crippen LogP contribution >= 0.6 is 31.9 Å². The Labute approximate surface area is 364 Å². The van der Waals surface area contributed by atoms with E-state index in [0.29, 0.717) is 0 Å². The molecular formula is C50H100Br2O3. The van der Waals surface area contributed by atoms with Crippen molar-refractivity contribution < 1.29 is 14.2 Å². The maximum Gasteiger partial charge on any atom is 0.160 e. The normalized spacial score (nSPS) is 20.1. The molecule has 0 heterocycles. The van der Waals surface area contributed by atoms with E-state index in [4.69, 9.17) is 14.2 Å². The van der Waals surface area contributed by atoms with Crippen molar-refractivity contribution in [3.8, 4) is 0 Å². The number of methoxy groups -OCH3 is 2. The first-order valence-corrected chi connectivity index (χ1v) is 26.1. The van der Waals surface area contributed by atoms with Crippen LogP contribution in [0.4, 0.5) is 0 Å². The van der Waals surface area contributed by atoms with Gasteiger partial charge in [0.05, 0.1) is 0 Å². The van der Waals surface area contributed by atoms with Gasteiger partial charge in [0, 0.05) is 24.9 Å². The molecule has 14 unspecified atom stereocenters. The highest BCUT2D eigenvalue weighted by Crippen LogP contribution is 2.32. The van der Waals surface area contributed by atoms with Crippen molar-refractivity contribution in [2.24, 2.45) is 71.0 Å². The zero-order valence-corrected chi connectivity index (χ0v) is 42.8. The van der Waals surface area contributed by atoms with Crippen molar-refractivity contribution in [3.63, 3.8) is 0 Å². The quantitative estimate of drug-likeness (QED) is 0.0456. The van der Waals surface area contributed by atoms with Crippen LogP contribution < -0.4 is 0 Å². The molecule has 0 aliphatic carbocycles. The number of halogens is 2. The van der Waals surface area contributed by atoms with E-state index in [1.54, 1.807) is 14.2 Å². The van der Waals surface area contributed by atoms with Gasteiger partial charge in [-0.3, -0.25) is 0 Å². The van der Waals surface area contributed by atoms with Gasteiger partial charge in [0.15, 0.2) is 12.6 Å². The molecule has 0 amide bonds. The lowest BCUT2D eigenvalue weighted by molar-refractivity contribution is -0.233. The molecule has 14 atom stereocenters. The summed E-state index contributed by atoms with van der Waals surface area (Å²) in [4.78, 5) is 0. The van der Waals surface area contributed by atoms with Crippen LogP contribution in [0.5, 0.6) is 0 Å². The Hall–Kier alpha value is 0.840. The van der Waals surface area contributed by atoms with Crippen LogP contribution in [0.1, 0.15) is 212 Å². The van der Waals surface area contributed by atoms with Crippen LogP contribution in [0, 0.1) is 71.0 Å².